The van der Waals surface area contributed by atoms with Crippen LogP contribution in [0.2, 0.25) is 0 Å². The van der Waals surface area contributed by atoms with Crippen molar-refractivity contribution < 1.29 is 0 Å². The minimum Gasteiger partial charge on any atom is -0.262 e. The molecule has 2 rings (SSSR count). The van der Waals surface area contributed by atoms with Crippen LogP contribution in [0.4, 0.5) is 0 Å². The first-order chi connectivity index (χ1) is 8.65. The van der Waals surface area contributed by atoms with Gasteiger partial charge in [0.05, 0.1) is 0 Å². The first-order valence-corrected chi connectivity index (χ1v) is 6.48. The van der Waals surface area contributed by atoms with Crippen LogP contribution in [-0.2, 0) is 12.8 Å². The maximum Gasteiger partial charge on any atom is 0.0375 e. The van der Waals surface area contributed by atoms with Gasteiger partial charge in [-0.25, -0.2) is 0 Å². The highest BCUT2D eigenvalue weighted by molar-refractivity contribution is 5.15. The molecule has 0 bridgehead atoms. The minimum atomic E-state index is 1.10. The lowest BCUT2D eigenvalue weighted by Crippen LogP contribution is -1.83. The van der Waals surface area contributed by atoms with Gasteiger partial charge in [0.1, 0.15) is 0 Å². The quantitative estimate of drug-likeness (QED) is 0.798. The van der Waals surface area contributed by atoms with Crippen molar-refractivity contribution in [3.8, 4) is 0 Å². The van der Waals surface area contributed by atoms with Gasteiger partial charge in [-0.05, 0) is 62.1 Å². The average molecular weight is 242 g/mol. The van der Waals surface area contributed by atoms with Gasteiger partial charge in [-0.2, -0.15) is 0 Å². The maximum absolute atomic E-state index is 4.09. The van der Waals surface area contributed by atoms with Crippen molar-refractivity contribution in [2.24, 2.45) is 0 Å². The van der Waals surface area contributed by atoms with Crippen LogP contribution in [0, 0.1) is 13.8 Å². The van der Waals surface area contributed by atoms with E-state index in [0.717, 1.165) is 24.2 Å². The molecule has 0 aromatic carbocycles. The van der Waals surface area contributed by atoms with Gasteiger partial charge in [-0.15, -0.1) is 0 Å². The summed E-state index contributed by atoms with van der Waals surface area (Å²) in [5.74, 6) is 0. The number of pyridine rings is 2. The van der Waals surface area contributed by atoms with E-state index in [2.05, 4.69) is 35.9 Å². The Morgan fingerprint density at radius 2 is 1.17 bits per heavy atom. The summed E-state index contributed by atoms with van der Waals surface area (Å²) >= 11 is 0. The fraction of sp³-hybridized carbons (Fsp3) is 0.375. The minimum absolute atomic E-state index is 1.10. The van der Waals surface area contributed by atoms with Crippen LogP contribution >= 0.6 is 0 Å². The molecule has 96 valence electrons. The Balaban J connectivity index is 0.000000180. The lowest BCUT2D eigenvalue weighted by Gasteiger charge is -1.94. The van der Waals surface area contributed by atoms with Crippen molar-refractivity contribution in [2.75, 3.05) is 0 Å². The summed E-state index contributed by atoms with van der Waals surface area (Å²) in [4.78, 5) is 8.18. The van der Waals surface area contributed by atoms with Crippen LogP contribution in [0.15, 0.2) is 36.7 Å². The van der Waals surface area contributed by atoms with Gasteiger partial charge in [0, 0.05) is 23.8 Å². The molecule has 2 heteroatoms. The van der Waals surface area contributed by atoms with Gasteiger partial charge in [0.2, 0.25) is 0 Å². The van der Waals surface area contributed by atoms with Crippen LogP contribution in [0.1, 0.15) is 36.4 Å². The van der Waals surface area contributed by atoms with Crippen LogP contribution < -0.4 is 0 Å². The third-order valence-corrected chi connectivity index (χ3v) is 2.74. The number of aromatic nitrogens is 2. The topological polar surface area (TPSA) is 25.8 Å². The van der Waals surface area contributed by atoms with E-state index < -0.39 is 0 Å². The molecule has 18 heavy (non-hydrogen) atoms. The second-order valence-corrected chi connectivity index (χ2v) is 4.32. The fourth-order valence-corrected chi connectivity index (χ4v) is 1.65. The highest BCUT2D eigenvalue weighted by Crippen LogP contribution is 2.00. The van der Waals surface area contributed by atoms with Gasteiger partial charge in [0.15, 0.2) is 0 Å². The summed E-state index contributed by atoms with van der Waals surface area (Å²) in [6.07, 6.45) is 5.91. The average Bonchev–Trinajstić information content (AvgIpc) is 2.39. The summed E-state index contributed by atoms with van der Waals surface area (Å²) in [6, 6.07) is 8.32. The molecular formula is C16H22N2. The zero-order chi connectivity index (χ0) is 13.4. The molecule has 0 aliphatic rings. The first kappa shape index (κ1) is 14.4. The Bertz CT molecular complexity index is 433. The molecular weight excluding hydrogens is 220 g/mol. The molecule has 2 heterocycles. The van der Waals surface area contributed by atoms with E-state index in [4.69, 9.17) is 0 Å². The number of rotatable bonds is 2. The van der Waals surface area contributed by atoms with Crippen LogP contribution in [-0.4, -0.2) is 9.97 Å². The van der Waals surface area contributed by atoms with Crippen molar-refractivity contribution in [1.82, 2.24) is 9.97 Å². The SMILES string of the molecule is CCc1ccnc(C)c1.CCc1ccnc(C)c1. The van der Waals surface area contributed by atoms with Gasteiger partial charge in [-0.3, -0.25) is 9.97 Å². The van der Waals surface area contributed by atoms with Crippen LogP contribution in [0.5, 0.6) is 0 Å². The molecule has 2 aromatic rings. The summed E-state index contributed by atoms with van der Waals surface area (Å²) in [5, 5.41) is 0. The summed E-state index contributed by atoms with van der Waals surface area (Å²) in [5.41, 5.74) is 4.94. The molecule has 0 N–H and O–H groups in total. The van der Waals surface area contributed by atoms with Gasteiger partial charge in [-0.1, -0.05) is 13.8 Å². The summed E-state index contributed by atoms with van der Waals surface area (Å²) in [6.45, 7) is 8.32. The predicted molar refractivity (Wildman–Crippen MR) is 76.7 cm³/mol. The number of hydrogen-bond donors (Lipinski definition) is 0. The van der Waals surface area contributed by atoms with Crippen molar-refractivity contribution >= 4 is 0 Å². The molecule has 0 spiro atoms. The molecule has 0 saturated heterocycles. The third kappa shape index (κ3) is 5.09. The zero-order valence-electron chi connectivity index (χ0n) is 11.8. The smallest absolute Gasteiger partial charge is 0.0375 e. The Kier molecular flexibility index (Phi) is 6.06. The largest absolute Gasteiger partial charge is 0.262 e. The molecule has 0 unspecified atom stereocenters. The molecule has 2 aromatic heterocycles. The zero-order valence-corrected chi connectivity index (χ0v) is 11.8. The van der Waals surface area contributed by atoms with E-state index in [1.165, 1.54) is 11.1 Å². The molecule has 0 aliphatic carbocycles. The van der Waals surface area contributed by atoms with E-state index in [9.17, 15) is 0 Å². The second kappa shape index (κ2) is 7.59. The monoisotopic (exact) mass is 242 g/mol. The Morgan fingerprint density at radius 3 is 1.39 bits per heavy atom. The predicted octanol–water partition coefficient (Wildman–Crippen LogP) is 3.90. The van der Waals surface area contributed by atoms with E-state index >= 15 is 0 Å². The van der Waals surface area contributed by atoms with Crippen molar-refractivity contribution in [3.63, 3.8) is 0 Å². The van der Waals surface area contributed by atoms with Gasteiger partial charge < -0.3 is 0 Å². The molecule has 0 saturated carbocycles. The summed E-state index contributed by atoms with van der Waals surface area (Å²) in [7, 11) is 0. The molecule has 0 radical (unpaired) electrons. The lowest BCUT2D eigenvalue weighted by molar-refractivity contribution is 1.09. The molecule has 0 fully saturated rings. The molecule has 2 nitrogen and oxygen atoms in total. The highest BCUT2D eigenvalue weighted by atomic mass is 14.6. The molecule has 0 aliphatic heterocycles. The summed E-state index contributed by atoms with van der Waals surface area (Å²) < 4.78 is 0. The normalized spacial score (nSPS) is 9.56. The standard InChI is InChI=1S/2C8H11N/c2*1-3-8-4-5-9-7(2)6-8/h2*4-6H,3H2,1-2H3. The van der Waals surface area contributed by atoms with Crippen LogP contribution in [0.3, 0.4) is 0 Å². The molecule has 0 atom stereocenters. The van der Waals surface area contributed by atoms with E-state index in [0.29, 0.717) is 0 Å². The Labute approximate surface area is 110 Å². The van der Waals surface area contributed by atoms with Gasteiger partial charge in [0.25, 0.3) is 0 Å². The third-order valence-electron chi connectivity index (χ3n) is 2.74. The number of nitrogens with zero attached hydrogens (tertiary/aromatic N) is 2. The number of aryl methyl sites for hydroxylation is 4. The Hall–Kier alpha value is -1.70. The highest BCUT2D eigenvalue weighted by Gasteiger charge is 1.87. The first-order valence-electron chi connectivity index (χ1n) is 6.48. The molecule has 0 amide bonds. The van der Waals surface area contributed by atoms with Crippen molar-refractivity contribution in [1.29, 1.82) is 0 Å². The van der Waals surface area contributed by atoms with E-state index in [1.54, 1.807) is 0 Å². The fourth-order valence-electron chi connectivity index (χ4n) is 1.65. The van der Waals surface area contributed by atoms with Crippen molar-refractivity contribution in [2.45, 2.75) is 40.5 Å². The van der Waals surface area contributed by atoms with Gasteiger partial charge >= 0.3 is 0 Å². The second-order valence-electron chi connectivity index (χ2n) is 4.32. The number of hydrogen-bond acceptors (Lipinski definition) is 2. The van der Waals surface area contributed by atoms with E-state index in [1.807, 2.05) is 38.4 Å². The maximum atomic E-state index is 4.09. The van der Waals surface area contributed by atoms with E-state index in [-0.39, 0.29) is 0 Å². The van der Waals surface area contributed by atoms with Crippen LogP contribution in [0.25, 0.3) is 0 Å². The lowest BCUT2D eigenvalue weighted by atomic mass is 10.2. The van der Waals surface area contributed by atoms with Crippen molar-refractivity contribution in [3.05, 3.63) is 59.2 Å². The Morgan fingerprint density at radius 1 is 0.778 bits per heavy atom.